The average Bonchev–Trinajstić information content (AvgIpc) is 2.60. The lowest BCUT2D eigenvalue weighted by atomic mass is 10.2. The molecule has 0 aliphatic rings. The lowest BCUT2D eigenvalue weighted by Crippen LogP contribution is -2.35. The summed E-state index contributed by atoms with van der Waals surface area (Å²) in [5, 5.41) is 2.15. The van der Waals surface area contributed by atoms with Crippen LogP contribution in [-0.2, 0) is 25.9 Å². The van der Waals surface area contributed by atoms with Gasteiger partial charge in [0.15, 0.2) is 0 Å². The van der Waals surface area contributed by atoms with Crippen LogP contribution in [0.25, 0.3) is 0 Å². The molecule has 0 unspecified atom stereocenters. The molecule has 1 aromatic carbocycles. The summed E-state index contributed by atoms with van der Waals surface area (Å²) in [7, 11) is -5.41. The summed E-state index contributed by atoms with van der Waals surface area (Å²) in [5.41, 5.74) is 0.0394. The number of carbonyl (C=O) groups is 1. The second kappa shape index (κ2) is 8.91. The van der Waals surface area contributed by atoms with Crippen molar-refractivity contribution in [2.75, 3.05) is 25.8 Å². The molecule has 0 spiro atoms. The van der Waals surface area contributed by atoms with E-state index in [0.29, 0.717) is 0 Å². The van der Waals surface area contributed by atoms with Gasteiger partial charge >= 0.3 is 16.1 Å². The zero-order valence-electron chi connectivity index (χ0n) is 15.6. The lowest BCUT2D eigenvalue weighted by molar-refractivity contribution is 0.256. The van der Waals surface area contributed by atoms with Crippen molar-refractivity contribution in [3.63, 3.8) is 0 Å². The highest BCUT2D eigenvalue weighted by Crippen LogP contribution is 2.22. The van der Waals surface area contributed by atoms with Crippen molar-refractivity contribution in [3.05, 3.63) is 35.9 Å². The highest BCUT2D eigenvalue weighted by Gasteiger charge is 2.20. The number of sulfonamides is 1. The van der Waals surface area contributed by atoms with Gasteiger partial charge in [0.25, 0.3) is 0 Å². The number of urea groups is 1. The van der Waals surface area contributed by atoms with Crippen LogP contribution in [0.2, 0.25) is 0 Å². The summed E-state index contributed by atoms with van der Waals surface area (Å²) in [4.78, 5) is 19.7. The van der Waals surface area contributed by atoms with Crippen LogP contribution in [-0.4, -0.2) is 53.3 Å². The van der Waals surface area contributed by atoms with E-state index < -0.39 is 31.9 Å². The highest BCUT2D eigenvalue weighted by atomic mass is 32.2. The molecule has 12 nitrogen and oxygen atoms in total. The van der Waals surface area contributed by atoms with E-state index in [-0.39, 0.29) is 29.0 Å². The van der Waals surface area contributed by atoms with Crippen LogP contribution >= 0.6 is 0 Å². The molecule has 0 fully saturated rings. The van der Waals surface area contributed by atoms with Gasteiger partial charge in [0.05, 0.1) is 32.3 Å². The maximum absolute atomic E-state index is 12.3. The van der Waals surface area contributed by atoms with E-state index in [0.717, 1.165) is 6.26 Å². The molecule has 29 heavy (non-hydrogen) atoms. The van der Waals surface area contributed by atoms with Gasteiger partial charge in [-0.3, -0.25) is 5.32 Å². The molecule has 0 aliphatic carbocycles. The van der Waals surface area contributed by atoms with Gasteiger partial charge in [0.2, 0.25) is 27.7 Å². The van der Waals surface area contributed by atoms with Gasteiger partial charge < -0.3 is 13.7 Å². The Balaban J connectivity index is 2.13. The number of para-hydroxylation sites is 1. The number of amides is 2. The van der Waals surface area contributed by atoms with E-state index in [1.54, 1.807) is 4.72 Å². The number of methoxy groups -OCH3 is 2. The summed E-state index contributed by atoms with van der Waals surface area (Å²) in [5.74, 6) is -0.964. The first-order valence-corrected chi connectivity index (χ1v) is 11.2. The number of nitrogens with one attached hydrogen (secondary N) is 2. The van der Waals surface area contributed by atoms with Crippen molar-refractivity contribution < 1.29 is 35.3 Å². The molecule has 0 atom stereocenters. The molecule has 1 aromatic heterocycles. The number of rotatable bonds is 8. The number of anilines is 1. The number of nitrogens with zero attached hydrogens (tertiary/aromatic N) is 2. The van der Waals surface area contributed by atoms with E-state index >= 15 is 0 Å². The molecule has 2 amide bonds. The topological polar surface area (TPSA) is 163 Å². The Morgan fingerprint density at radius 3 is 2.17 bits per heavy atom. The second-order valence-electron chi connectivity index (χ2n) is 5.49. The first-order valence-electron chi connectivity index (χ1n) is 7.77. The Morgan fingerprint density at radius 1 is 1.03 bits per heavy atom. The predicted molar refractivity (Wildman–Crippen MR) is 102 cm³/mol. The average molecular weight is 446 g/mol. The fraction of sp³-hybridized carbons (Fsp3) is 0.267. The Kier molecular flexibility index (Phi) is 6.81. The number of hydrogen-bond acceptors (Lipinski definition) is 10. The molecule has 14 heteroatoms. The lowest BCUT2D eigenvalue weighted by Gasteiger charge is -2.11. The van der Waals surface area contributed by atoms with Crippen LogP contribution < -0.4 is 23.7 Å². The molecule has 0 radical (unpaired) electrons. The first-order chi connectivity index (χ1) is 13.5. The van der Waals surface area contributed by atoms with Crippen molar-refractivity contribution in [3.8, 4) is 17.5 Å². The minimum atomic E-state index is -4.22. The SMILES string of the molecule is COc1cc(OC)nc(NC(=O)NS(=O)(=O)Cc2ccccc2OS(C)(=O)=O)n1. The van der Waals surface area contributed by atoms with E-state index in [1.807, 2.05) is 0 Å². The molecule has 158 valence electrons. The fourth-order valence-corrected chi connectivity index (χ4v) is 3.59. The number of benzene rings is 1. The third kappa shape index (κ3) is 7.08. The standard InChI is InChI=1S/C15H18N4O8S2/c1-25-12-8-13(26-2)17-14(16-12)18-15(20)19-29(23,24)9-10-6-4-5-7-11(10)27-28(3,21)22/h4-8H,9H2,1-3H3,(H2,16,17,18,19,20). The van der Waals surface area contributed by atoms with Crippen molar-refractivity contribution in [2.45, 2.75) is 5.75 Å². The highest BCUT2D eigenvalue weighted by molar-refractivity contribution is 7.89. The summed E-state index contributed by atoms with van der Waals surface area (Å²) >= 11 is 0. The van der Waals surface area contributed by atoms with Gasteiger partial charge in [0, 0.05) is 5.56 Å². The Bertz CT molecular complexity index is 1080. The zero-order chi connectivity index (χ0) is 21.7. The number of carbonyl (C=O) groups excluding carboxylic acids is 1. The molecule has 0 bridgehead atoms. The van der Waals surface area contributed by atoms with Crippen LogP contribution in [0.15, 0.2) is 30.3 Å². The Labute approximate surface area is 167 Å². The predicted octanol–water partition coefficient (Wildman–Crippen LogP) is 0.484. The van der Waals surface area contributed by atoms with Gasteiger partial charge in [-0.25, -0.2) is 17.9 Å². The van der Waals surface area contributed by atoms with Crippen molar-refractivity contribution in [1.29, 1.82) is 0 Å². The molecule has 0 saturated carbocycles. The zero-order valence-corrected chi connectivity index (χ0v) is 17.2. The van der Waals surface area contributed by atoms with Crippen molar-refractivity contribution in [1.82, 2.24) is 14.7 Å². The third-order valence-electron chi connectivity index (χ3n) is 3.13. The quantitative estimate of drug-likeness (QED) is 0.545. The van der Waals surface area contributed by atoms with Crippen molar-refractivity contribution >= 4 is 32.1 Å². The van der Waals surface area contributed by atoms with Crippen LogP contribution in [0.4, 0.5) is 10.7 Å². The van der Waals surface area contributed by atoms with E-state index in [1.165, 1.54) is 44.6 Å². The minimum absolute atomic E-state index is 0.0394. The molecule has 1 heterocycles. The molecule has 0 saturated heterocycles. The van der Waals surface area contributed by atoms with E-state index in [9.17, 15) is 21.6 Å². The summed E-state index contributed by atoms with van der Waals surface area (Å²) in [6.07, 6.45) is 0.826. The maximum Gasteiger partial charge on any atom is 0.335 e. The van der Waals surface area contributed by atoms with E-state index in [2.05, 4.69) is 15.3 Å². The molecule has 0 aliphatic heterocycles. The van der Waals surface area contributed by atoms with Gasteiger partial charge in [-0.05, 0) is 6.07 Å². The second-order valence-corrected chi connectivity index (χ2v) is 8.78. The number of aromatic nitrogens is 2. The summed E-state index contributed by atoms with van der Waals surface area (Å²) in [6.45, 7) is 0. The Morgan fingerprint density at radius 2 is 1.62 bits per heavy atom. The molecule has 2 aromatic rings. The maximum atomic E-state index is 12.3. The fourth-order valence-electron chi connectivity index (χ4n) is 2.05. The van der Waals surface area contributed by atoms with Gasteiger partial charge in [0.1, 0.15) is 5.75 Å². The van der Waals surface area contributed by atoms with E-state index in [4.69, 9.17) is 13.7 Å². The third-order valence-corrected chi connectivity index (χ3v) is 4.80. The summed E-state index contributed by atoms with van der Waals surface area (Å²) < 4.78 is 63.6. The van der Waals surface area contributed by atoms with Gasteiger partial charge in [-0.1, -0.05) is 18.2 Å². The molecular formula is C15H18N4O8S2. The number of ether oxygens (including phenoxy) is 2. The van der Waals surface area contributed by atoms with Crippen LogP contribution in [0, 0.1) is 0 Å². The smallest absolute Gasteiger partial charge is 0.335 e. The van der Waals surface area contributed by atoms with Crippen LogP contribution in [0.5, 0.6) is 17.5 Å². The van der Waals surface area contributed by atoms with Gasteiger partial charge in [-0.2, -0.15) is 18.4 Å². The first kappa shape index (κ1) is 22.2. The van der Waals surface area contributed by atoms with Crippen molar-refractivity contribution in [2.24, 2.45) is 0 Å². The molecule has 2 N–H and O–H groups in total. The summed E-state index contributed by atoms with van der Waals surface area (Å²) in [6, 6.07) is 5.84. The normalized spacial score (nSPS) is 11.4. The number of hydrogen-bond donors (Lipinski definition) is 2. The minimum Gasteiger partial charge on any atom is -0.481 e. The van der Waals surface area contributed by atoms with Crippen LogP contribution in [0.1, 0.15) is 5.56 Å². The Hall–Kier alpha value is -3.13. The van der Waals surface area contributed by atoms with Gasteiger partial charge in [-0.15, -0.1) is 0 Å². The van der Waals surface area contributed by atoms with Crippen LogP contribution in [0.3, 0.4) is 0 Å². The molecule has 2 rings (SSSR count). The molecular weight excluding hydrogens is 428 g/mol. The largest absolute Gasteiger partial charge is 0.481 e. The monoisotopic (exact) mass is 446 g/mol.